The molecule has 1 heterocycles. The van der Waals surface area contributed by atoms with E-state index in [2.05, 4.69) is 5.32 Å². The lowest BCUT2D eigenvalue weighted by Crippen LogP contribution is -2.48. The number of amides is 1. The van der Waals surface area contributed by atoms with Crippen LogP contribution in [-0.4, -0.2) is 33.5 Å². The maximum absolute atomic E-state index is 13.8. The summed E-state index contributed by atoms with van der Waals surface area (Å²) in [6.45, 7) is 0.388. The van der Waals surface area contributed by atoms with E-state index in [1.807, 2.05) is 18.2 Å². The maximum Gasteiger partial charge on any atom is 0.416 e. The summed E-state index contributed by atoms with van der Waals surface area (Å²) in [7, 11) is -4.19. The molecule has 1 amide bonds. The van der Waals surface area contributed by atoms with Gasteiger partial charge in [-0.1, -0.05) is 60.7 Å². The van der Waals surface area contributed by atoms with Crippen molar-refractivity contribution in [1.82, 2.24) is 5.32 Å². The third kappa shape index (κ3) is 5.67. The van der Waals surface area contributed by atoms with Gasteiger partial charge in [0.15, 0.2) is 0 Å². The SMILES string of the molecule is O=C(NCCOc1ccccc1)[C@@H]1Cc2ccccc2N1S(=O)(=O)c1ccc(-c2cccc(C(F)(F)F)c2)cc1. The molecule has 0 bridgehead atoms. The summed E-state index contributed by atoms with van der Waals surface area (Å²) in [4.78, 5) is 13.1. The molecule has 0 saturated heterocycles. The third-order valence-corrected chi connectivity index (χ3v) is 8.41. The molecule has 1 atom stereocenters. The number of carbonyl (C=O) groups excluding carboxylic acids is 1. The summed E-state index contributed by atoms with van der Waals surface area (Å²) in [6, 6.07) is 25.4. The average Bonchev–Trinajstić information content (AvgIpc) is 3.36. The van der Waals surface area contributed by atoms with Gasteiger partial charge in [0.25, 0.3) is 10.0 Å². The number of halogens is 3. The fourth-order valence-electron chi connectivity index (χ4n) is 4.64. The molecule has 1 N–H and O–H groups in total. The van der Waals surface area contributed by atoms with Crippen molar-refractivity contribution in [2.45, 2.75) is 23.5 Å². The first-order chi connectivity index (χ1) is 19.1. The van der Waals surface area contributed by atoms with E-state index < -0.39 is 33.7 Å². The van der Waals surface area contributed by atoms with Crippen molar-refractivity contribution in [3.63, 3.8) is 0 Å². The number of nitrogens with zero attached hydrogens (tertiary/aromatic N) is 1. The highest BCUT2D eigenvalue weighted by Gasteiger charge is 2.42. The Balaban J connectivity index is 1.36. The Labute approximate surface area is 230 Å². The second-order valence-electron chi connectivity index (χ2n) is 9.20. The Kier molecular flexibility index (Phi) is 7.53. The molecule has 0 aliphatic carbocycles. The Bertz CT molecular complexity index is 1610. The van der Waals surface area contributed by atoms with Gasteiger partial charge in [-0.2, -0.15) is 13.2 Å². The Hall–Kier alpha value is -4.31. The number of fused-ring (bicyclic) bond motifs is 1. The van der Waals surface area contributed by atoms with E-state index in [0.29, 0.717) is 28.1 Å². The first kappa shape index (κ1) is 27.3. The Morgan fingerprint density at radius 3 is 2.30 bits per heavy atom. The first-order valence-electron chi connectivity index (χ1n) is 12.5. The molecule has 4 aromatic carbocycles. The largest absolute Gasteiger partial charge is 0.492 e. The number of sulfonamides is 1. The van der Waals surface area contributed by atoms with Gasteiger partial charge in [0.1, 0.15) is 18.4 Å². The topological polar surface area (TPSA) is 75.7 Å². The normalized spacial score (nSPS) is 15.0. The van der Waals surface area contributed by atoms with Crippen LogP contribution >= 0.6 is 0 Å². The number of nitrogens with one attached hydrogen (secondary N) is 1. The quantitative estimate of drug-likeness (QED) is 0.278. The highest BCUT2D eigenvalue weighted by molar-refractivity contribution is 7.93. The van der Waals surface area contributed by atoms with Crippen LogP contribution in [0.4, 0.5) is 18.9 Å². The van der Waals surface area contributed by atoms with Crippen molar-refractivity contribution < 1.29 is 31.1 Å². The number of ether oxygens (including phenoxy) is 1. The van der Waals surface area contributed by atoms with Crippen LogP contribution in [0.5, 0.6) is 5.75 Å². The number of hydrogen-bond acceptors (Lipinski definition) is 4. The first-order valence-corrected chi connectivity index (χ1v) is 13.9. The molecule has 0 unspecified atom stereocenters. The Morgan fingerprint density at radius 2 is 1.57 bits per heavy atom. The van der Waals surface area contributed by atoms with Crippen LogP contribution < -0.4 is 14.4 Å². The highest BCUT2D eigenvalue weighted by Crippen LogP contribution is 2.38. The van der Waals surface area contributed by atoms with Gasteiger partial charge < -0.3 is 10.1 Å². The van der Waals surface area contributed by atoms with Gasteiger partial charge in [-0.05, 0) is 59.2 Å². The molecule has 0 spiro atoms. The summed E-state index contributed by atoms with van der Waals surface area (Å²) in [6.07, 6.45) is -4.30. The molecule has 1 aliphatic heterocycles. The second-order valence-corrected chi connectivity index (χ2v) is 11.0. The minimum absolute atomic E-state index is 0.0786. The molecule has 1 aliphatic rings. The van der Waals surface area contributed by atoms with Gasteiger partial charge >= 0.3 is 6.18 Å². The van der Waals surface area contributed by atoms with Crippen molar-refractivity contribution in [3.8, 4) is 16.9 Å². The summed E-state index contributed by atoms with van der Waals surface area (Å²) < 4.78 is 73.8. The molecule has 4 aromatic rings. The van der Waals surface area contributed by atoms with E-state index in [9.17, 15) is 26.4 Å². The van der Waals surface area contributed by atoms with Crippen LogP contribution in [0.3, 0.4) is 0 Å². The van der Waals surface area contributed by atoms with Crippen LogP contribution in [0.15, 0.2) is 108 Å². The third-order valence-electron chi connectivity index (χ3n) is 6.58. The summed E-state index contributed by atoms with van der Waals surface area (Å²) in [5.41, 5.74) is 1.07. The second kappa shape index (κ2) is 11.1. The monoisotopic (exact) mass is 566 g/mol. The predicted octanol–water partition coefficient (Wildman–Crippen LogP) is 5.69. The number of carbonyl (C=O) groups is 1. The number of alkyl halides is 3. The van der Waals surface area contributed by atoms with E-state index >= 15 is 0 Å². The summed E-state index contributed by atoms with van der Waals surface area (Å²) in [5.74, 6) is 0.194. The lowest BCUT2D eigenvalue weighted by molar-refractivity contribution is -0.137. The number of anilines is 1. The van der Waals surface area contributed by atoms with Crippen LogP contribution in [0, 0.1) is 0 Å². The molecule has 206 valence electrons. The standard InChI is InChI=1S/C30H25F3N2O4S/c31-30(32,33)24-9-6-8-22(19-24)21-13-15-26(16-14-21)40(37,38)35-27-12-5-4-7-23(27)20-28(35)29(36)34-17-18-39-25-10-2-1-3-11-25/h1-16,19,28H,17-18,20H2,(H,34,36)/t28-/m0/s1. The van der Waals surface area contributed by atoms with E-state index in [4.69, 9.17) is 4.74 Å². The predicted molar refractivity (Wildman–Crippen MR) is 145 cm³/mol. The molecular formula is C30H25F3N2O4S. The van der Waals surface area contributed by atoms with E-state index in [1.165, 1.54) is 36.4 Å². The molecule has 0 fully saturated rings. The van der Waals surface area contributed by atoms with Crippen LogP contribution in [0.25, 0.3) is 11.1 Å². The van der Waals surface area contributed by atoms with Gasteiger partial charge in [0.05, 0.1) is 22.7 Å². The van der Waals surface area contributed by atoms with Gasteiger partial charge in [-0.15, -0.1) is 0 Å². The molecule has 0 saturated carbocycles. The fraction of sp³-hybridized carbons (Fsp3) is 0.167. The van der Waals surface area contributed by atoms with Crippen LogP contribution in [0.2, 0.25) is 0 Å². The smallest absolute Gasteiger partial charge is 0.416 e. The van der Waals surface area contributed by atoms with Crippen LogP contribution in [-0.2, 0) is 27.4 Å². The number of benzene rings is 4. The zero-order valence-electron chi connectivity index (χ0n) is 21.1. The molecule has 10 heteroatoms. The number of rotatable bonds is 8. The van der Waals surface area contributed by atoms with Gasteiger partial charge in [-0.3, -0.25) is 9.10 Å². The Morgan fingerprint density at radius 1 is 0.875 bits per heavy atom. The molecular weight excluding hydrogens is 541 g/mol. The van der Waals surface area contributed by atoms with Crippen molar-refractivity contribution >= 4 is 21.6 Å². The zero-order valence-corrected chi connectivity index (χ0v) is 22.0. The zero-order chi connectivity index (χ0) is 28.3. The molecule has 0 radical (unpaired) electrons. The number of hydrogen-bond donors (Lipinski definition) is 1. The average molecular weight is 567 g/mol. The van der Waals surface area contributed by atoms with Crippen molar-refractivity contribution in [3.05, 3.63) is 114 Å². The van der Waals surface area contributed by atoms with Crippen molar-refractivity contribution in [1.29, 1.82) is 0 Å². The lowest BCUT2D eigenvalue weighted by atomic mass is 10.0. The van der Waals surface area contributed by atoms with Gasteiger partial charge in [0.2, 0.25) is 5.91 Å². The van der Waals surface area contributed by atoms with Gasteiger partial charge in [-0.25, -0.2) is 8.42 Å². The van der Waals surface area contributed by atoms with Crippen LogP contribution in [0.1, 0.15) is 11.1 Å². The van der Waals surface area contributed by atoms with E-state index in [-0.39, 0.29) is 24.5 Å². The fourth-order valence-corrected chi connectivity index (χ4v) is 6.29. The summed E-state index contributed by atoms with van der Waals surface area (Å²) >= 11 is 0. The molecule has 5 rings (SSSR count). The van der Waals surface area contributed by atoms with E-state index in [0.717, 1.165) is 16.4 Å². The molecule has 6 nitrogen and oxygen atoms in total. The van der Waals surface area contributed by atoms with Gasteiger partial charge in [0, 0.05) is 6.42 Å². The summed E-state index contributed by atoms with van der Waals surface area (Å²) in [5, 5.41) is 2.77. The minimum atomic E-state index is -4.49. The lowest BCUT2D eigenvalue weighted by Gasteiger charge is -2.26. The maximum atomic E-state index is 13.8. The highest BCUT2D eigenvalue weighted by atomic mass is 32.2. The molecule has 0 aromatic heterocycles. The number of para-hydroxylation sites is 2. The van der Waals surface area contributed by atoms with E-state index in [1.54, 1.807) is 36.4 Å². The molecule has 40 heavy (non-hydrogen) atoms. The van der Waals surface area contributed by atoms with Crippen molar-refractivity contribution in [2.75, 3.05) is 17.5 Å². The minimum Gasteiger partial charge on any atom is -0.492 e. The van der Waals surface area contributed by atoms with Crippen molar-refractivity contribution in [2.24, 2.45) is 0 Å².